The molecule has 0 N–H and O–H groups in total. The Morgan fingerprint density at radius 1 is 1.13 bits per heavy atom. The highest BCUT2D eigenvalue weighted by Gasteiger charge is 2.64. The molecule has 5 aliphatic rings. The van der Waals surface area contributed by atoms with Crippen molar-refractivity contribution in [1.82, 2.24) is 0 Å². The molecule has 0 amide bonds. The van der Waals surface area contributed by atoms with Crippen molar-refractivity contribution in [2.24, 2.45) is 29.1 Å². The number of carbonyl (C=O) groups is 1. The van der Waals surface area contributed by atoms with Gasteiger partial charge in [0, 0.05) is 18.8 Å². The van der Waals surface area contributed by atoms with Crippen LogP contribution in [-0.2, 0) is 14.3 Å². The van der Waals surface area contributed by atoms with Crippen LogP contribution in [0.4, 0.5) is 0 Å². The van der Waals surface area contributed by atoms with Crippen LogP contribution in [0.15, 0.2) is 23.5 Å². The maximum Gasteiger partial charge on any atom is 0.304 e. The molecule has 0 radical (unpaired) electrons. The smallest absolute Gasteiger partial charge is 0.304 e. The molecule has 3 heteroatoms. The molecule has 30 heavy (non-hydrogen) atoms. The van der Waals surface area contributed by atoms with Gasteiger partial charge in [-0.25, -0.2) is 0 Å². The molecule has 5 aliphatic carbocycles. The topological polar surface area (TPSA) is 35.5 Å². The molecule has 6 atom stereocenters. The number of rotatable bonds is 3. The molecular formula is C27H36O3. The third kappa shape index (κ3) is 3.05. The van der Waals surface area contributed by atoms with E-state index in [0.717, 1.165) is 38.0 Å². The van der Waals surface area contributed by atoms with Gasteiger partial charge in [0.1, 0.15) is 0 Å². The third-order valence-corrected chi connectivity index (χ3v) is 9.38. The molecule has 0 aromatic rings. The van der Waals surface area contributed by atoms with Crippen molar-refractivity contribution in [1.29, 1.82) is 0 Å². The first kappa shape index (κ1) is 20.2. The minimum atomic E-state index is -0.715. The lowest BCUT2D eigenvalue weighted by Gasteiger charge is -2.54. The van der Waals surface area contributed by atoms with Crippen molar-refractivity contribution in [2.45, 2.75) is 96.2 Å². The highest BCUT2D eigenvalue weighted by Crippen LogP contribution is 2.65. The standard InChI is InChI=1S/C27H36O3/c1-4-27(30-18(2)28)16-14-25-24-11-9-19-17-21(29-20-7-5-6-8-20)10-12-22(19)23(24)13-15-26(25,27)3/h1,9,17,20,22-25H,5-8,10-16H2,2-3H3/t22-,23+,24+,25-,26-,27-/m0/s1. The van der Waals surface area contributed by atoms with Crippen LogP contribution in [0, 0.1) is 41.4 Å². The summed E-state index contributed by atoms with van der Waals surface area (Å²) in [6, 6.07) is 0. The van der Waals surface area contributed by atoms with Gasteiger partial charge in [-0.15, -0.1) is 6.42 Å². The highest BCUT2D eigenvalue weighted by molar-refractivity contribution is 5.67. The van der Waals surface area contributed by atoms with Gasteiger partial charge in [-0.3, -0.25) is 4.79 Å². The lowest BCUT2D eigenvalue weighted by Crippen LogP contribution is -2.53. The minimum absolute atomic E-state index is 0.0961. The van der Waals surface area contributed by atoms with E-state index in [0.29, 0.717) is 23.9 Å². The van der Waals surface area contributed by atoms with Crippen LogP contribution >= 0.6 is 0 Å². The second kappa shape index (κ2) is 7.47. The summed E-state index contributed by atoms with van der Waals surface area (Å²) in [7, 11) is 0. The van der Waals surface area contributed by atoms with Gasteiger partial charge in [0.15, 0.2) is 5.60 Å². The summed E-state index contributed by atoms with van der Waals surface area (Å²) >= 11 is 0. The zero-order valence-electron chi connectivity index (χ0n) is 18.6. The van der Waals surface area contributed by atoms with Crippen LogP contribution in [0.5, 0.6) is 0 Å². The summed E-state index contributed by atoms with van der Waals surface area (Å²) in [5.74, 6) is 6.55. The van der Waals surface area contributed by atoms with Gasteiger partial charge < -0.3 is 9.47 Å². The molecule has 5 rings (SSSR count). The Morgan fingerprint density at radius 3 is 2.67 bits per heavy atom. The second-order valence-electron chi connectivity index (χ2n) is 10.7. The normalized spacial score (nSPS) is 42.8. The Morgan fingerprint density at radius 2 is 1.93 bits per heavy atom. The predicted octanol–water partition coefficient (Wildman–Crippen LogP) is 5.95. The molecule has 0 bridgehead atoms. The summed E-state index contributed by atoms with van der Waals surface area (Å²) < 4.78 is 12.2. The number of carbonyl (C=O) groups excluding carboxylic acids is 1. The average molecular weight is 409 g/mol. The molecule has 162 valence electrons. The van der Waals surface area contributed by atoms with Gasteiger partial charge in [0.25, 0.3) is 0 Å². The van der Waals surface area contributed by atoms with Crippen molar-refractivity contribution in [2.75, 3.05) is 0 Å². The lowest BCUT2D eigenvalue weighted by molar-refractivity contribution is -0.167. The van der Waals surface area contributed by atoms with Crippen LogP contribution < -0.4 is 0 Å². The van der Waals surface area contributed by atoms with Crippen molar-refractivity contribution < 1.29 is 14.3 Å². The Labute approximate surface area is 181 Å². The summed E-state index contributed by atoms with van der Waals surface area (Å²) in [4.78, 5) is 11.9. The van der Waals surface area contributed by atoms with E-state index in [-0.39, 0.29) is 11.4 Å². The van der Waals surface area contributed by atoms with Crippen molar-refractivity contribution in [3.8, 4) is 12.3 Å². The Hall–Kier alpha value is -1.69. The number of hydrogen-bond acceptors (Lipinski definition) is 3. The number of allylic oxidation sites excluding steroid dienone is 4. The molecular weight excluding hydrogens is 372 g/mol. The van der Waals surface area contributed by atoms with Gasteiger partial charge in [-0.2, -0.15) is 0 Å². The minimum Gasteiger partial charge on any atom is -0.495 e. The number of ether oxygens (including phenoxy) is 2. The Kier molecular flexibility index (Phi) is 5.04. The largest absolute Gasteiger partial charge is 0.495 e. The fourth-order valence-corrected chi connectivity index (χ4v) is 7.92. The second-order valence-corrected chi connectivity index (χ2v) is 10.7. The monoisotopic (exact) mass is 408 g/mol. The average Bonchev–Trinajstić information content (AvgIpc) is 3.33. The molecule has 3 saturated carbocycles. The van der Waals surface area contributed by atoms with E-state index in [4.69, 9.17) is 15.9 Å². The number of esters is 1. The molecule has 0 heterocycles. The summed E-state index contributed by atoms with van der Waals surface area (Å²) in [5, 5.41) is 0. The number of fused-ring (bicyclic) bond motifs is 5. The summed E-state index contributed by atoms with van der Waals surface area (Å²) in [6.45, 7) is 3.80. The first-order valence-corrected chi connectivity index (χ1v) is 12.2. The van der Waals surface area contributed by atoms with E-state index in [9.17, 15) is 4.79 Å². The molecule has 0 aromatic carbocycles. The van der Waals surface area contributed by atoms with E-state index in [1.807, 2.05) is 0 Å². The van der Waals surface area contributed by atoms with E-state index in [1.165, 1.54) is 56.8 Å². The SMILES string of the molecule is C#C[C@]1(OC(C)=O)CC[C@H]2[C@@H]3CC=C4C=C(OC5CCCC5)CC[C@@H]4[C@H]3CC[C@@]21C. The maximum absolute atomic E-state index is 11.9. The number of hydrogen-bond donors (Lipinski definition) is 0. The van der Waals surface area contributed by atoms with Crippen LogP contribution in [0.25, 0.3) is 0 Å². The fraction of sp³-hybridized carbons (Fsp3) is 0.741. The first-order chi connectivity index (χ1) is 14.5. The van der Waals surface area contributed by atoms with Gasteiger partial charge in [-0.1, -0.05) is 18.9 Å². The van der Waals surface area contributed by atoms with Crippen molar-refractivity contribution in [3.63, 3.8) is 0 Å². The highest BCUT2D eigenvalue weighted by atomic mass is 16.6. The van der Waals surface area contributed by atoms with E-state index < -0.39 is 5.60 Å². The lowest BCUT2D eigenvalue weighted by atomic mass is 9.51. The molecule has 3 nitrogen and oxygen atoms in total. The van der Waals surface area contributed by atoms with Crippen molar-refractivity contribution >= 4 is 5.97 Å². The zero-order valence-corrected chi connectivity index (χ0v) is 18.6. The zero-order chi connectivity index (χ0) is 20.9. The third-order valence-electron chi connectivity index (χ3n) is 9.38. The van der Waals surface area contributed by atoms with Crippen LogP contribution in [0.1, 0.15) is 84.5 Å². The fourth-order valence-electron chi connectivity index (χ4n) is 7.92. The molecule has 3 fully saturated rings. The van der Waals surface area contributed by atoms with Gasteiger partial charge in [0.2, 0.25) is 0 Å². The van der Waals surface area contributed by atoms with E-state index >= 15 is 0 Å². The predicted molar refractivity (Wildman–Crippen MR) is 117 cm³/mol. The molecule has 0 aromatic heterocycles. The van der Waals surface area contributed by atoms with Crippen LogP contribution in [0.2, 0.25) is 0 Å². The molecule has 0 unspecified atom stereocenters. The summed E-state index contributed by atoms with van der Waals surface area (Å²) in [5.41, 5.74) is 0.717. The van der Waals surface area contributed by atoms with Gasteiger partial charge in [0.05, 0.1) is 11.9 Å². The summed E-state index contributed by atoms with van der Waals surface area (Å²) in [6.07, 6.45) is 24.0. The van der Waals surface area contributed by atoms with E-state index in [1.54, 1.807) is 0 Å². The van der Waals surface area contributed by atoms with Gasteiger partial charge >= 0.3 is 5.97 Å². The maximum atomic E-state index is 11.9. The quantitative estimate of drug-likeness (QED) is 0.428. The van der Waals surface area contributed by atoms with Crippen LogP contribution in [-0.4, -0.2) is 17.7 Å². The first-order valence-electron chi connectivity index (χ1n) is 12.2. The number of terminal acetylenes is 1. The Bertz CT molecular complexity index is 810. The van der Waals surface area contributed by atoms with Crippen molar-refractivity contribution in [3.05, 3.63) is 23.5 Å². The van der Waals surface area contributed by atoms with Crippen LogP contribution in [0.3, 0.4) is 0 Å². The van der Waals surface area contributed by atoms with Gasteiger partial charge in [-0.05, 0) is 99.5 Å². The van der Waals surface area contributed by atoms with E-state index in [2.05, 4.69) is 25.0 Å². The molecule has 0 spiro atoms. The molecule has 0 aliphatic heterocycles. The molecule has 0 saturated heterocycles. The Balaban J connectivity index is 1.36.